The van der Waals surface area contributed by atoms with Crippen molar-refractivity contribution in [1.29, 1.82) is 0 Å². The van der Waals surface area contributed by atoms with Gasteiger partial charge in [-0.3, -0.25) is 0 Å². The Bertz CT molecular complexity index is 162. The third-order valence-corrected chi connectivity index (χ3v) is 3.03. The third kappa shape index (κ3) is 1.72. The van der Waals surface area contributed by atoms with Crippen LogP contribution >= 0.6 is 31.9 Å². The highest BCUT2D eigenvalue weighted by Gasteiger charge is 2.08. The summed E-state index contributed by atoms with van der Waals surface area (Å²) in [4.78, 5) is 0.149. The first-order valence-electron chi connectivity index (χ1n) is 2.28. The third-order valence-electron chi connectivity index (χ3n) is 0.777. The number of nitrogens with zero attached hydrogens (tertiary/aromatic N) is 3. The predicted molar refractivity (Wildman–Crippen MR) is 39.6 cm³/mol. The second-order valence-electron chi connectivity index (χ2n) is 1.39. The minimum absolute atomic E-state index is 0.149. The SMILES string of the molecule is BrC[C@H](Br)c1nn[nH]n1. The first-order valence-corrected chi connectivity index (χ1v) is 4.31. The molecule has 0 aliphatic heterocycles. The topological polar surface area (TPSA) is 54.5 Å². The standard InChI is InChI=1S/C3H4Br2N4/c4-1-2(5)3-6-8-9-7-3/h2H,1H2,(H,6,7,8,9)/t2-/m0/s1. The Morgan fingerprint density at radius 1 is 1.67 bits per heavy atom. The smallest absolute Gasteiger partial charge is 0.177 e. The summed E-state index contributed by atoms with van der Waals surface area (Å²) in [6.45, 7) is 0. The number of rotatable bonds is 2. The minimum atomic E-state index is 0.149. The molecule has 0 fully saturated rings. The molecule has 1 atom stereocenters. The van der Waals surface area contributed by atoms with Crippen molar-refractivity contribution in [3.63, 3.8) is 0 Å². The molecule has 9 heavy (non-hydrogen) atoms. The fraction of sp³-hybridized carbons (Fsp3) is 0.667. The molecule has 1 rings (SSSR count). The zero-order chi connectivity index (χ0) is 6.69. The molecule has 0 amide bonds. The van der Waals surface area contributed by atoms with Crippen molar-refractivity contribution in [3.05, 3.63) is 5.82 Å². The molecule has 0 saturated carbocycles. The Balaban J connectivity index is 2.65. The van der Waals surface area contributed by atoms with Crippen LogP contribution in [0.3, 0.4) is 0 Å². The van der Waals surface area contributed by atoms with Crippen LogP contribution in [-0.4, -0.2) is 26.0 Å². The van der Waals surface area contributed by atoms with Gasteiger partial charge in [0.15, 0.2) is 5.82 Å². The summed E-state index contributed by atoms with van der Waals surface area (Å²) in [5.41, 5.74) is 0. The van der Waals surface area contributed by atoms with Crippen LogP contribution in [0.2, 0.25) is 0 Å². The molecule has 0 aromatic carbocycles. The molecule has 1 aromatic rings. The van der Waals surface area contributed by atoms with Gasteiger partial charge in [0.25, 0.3) is 0 Å². The molecule has 0 unspecified atom stereocenters. The van der Waals surface area contributed by atoms with Gasteiger partial charge in [-0.05, 0) is 0 Å². The summed E-state index contributed by atoms with van der Waals surface area (Å²) in [7, 11) is 0. The number of hydrogen-bond donors (Lipinski definition) is 1. The van der Waals surface area contributed by atoms with Crippen LogP contribution in [-0.2, 0) is 0 Å². The van der Waals surface area contributed by atoms with E-state index in [1.54, 1.807) is 0 Å². The molecule has 0 aliphatic rings. The molecule has 0 saturated heterocycles. The zero-order valence-electron chi connectivity index (χ0n) is 4.38. The van der Waals surface area contributed by atoms with Gasteiger partial charge in [-0.1, -0.05) is 37.1 Å². The van der Waals surface area contributed by atoms with E-state index in [2.05, 4.69) is 52.5 Å². The van der Waals surface area contributed by atoms with Crippen LogP contribution < -0.4 is 0 Å². The molecule has 6 heteroatoms. The van der Waals surface area contributed by atoms with E-state index in [0.717, 1.165) is 5.33 Å². The number of H-pyrrole nitrogens is 1. The fourth-order valence-corrected chi connectivity index (χ4v) is 0.855. The van der Waals surface area contributed by atoms with Crippen molar-refractivity contribution in [1.82, 2.24) is 20.6 Å². The highest BCUT2D eigenvalue weighted by molar-refractivity contribution is 9.12. The number of halogens is 2. The van der Waals surface area contributed by atoms with Crippen molar-refractivity contribution in [2.45, 2.75) is 4.83 Å². The van der Waals surface area contributed by atoms with Crippen LogP contribution in [0.5, 0.6) is 0 Å². The highest BCUT2D eigenvalue weighted by Crippen LogP contribution is 2.19. The molecule has 1 aromatic heterocycles. The Kier molecular flexibility index (Phi) is 2.59. The Morgan fingerprint density at radius 3 is 2.89 bits per heavy atom. The number of alkyl halides is 2. The predicted octanol–water partition coefficient (Wildman–Crippen LogP) is 1.03. The molecule has 0 spiro atoms. The lowest BCUT2D eigenvalue weighted by molar-refractivity contribution is 0.881. The first-order chi connectivity index (χ1) is 4.34. The van der Waals surface area contributed by atoms with Crippen LogP contribution in [0.15, 0.2) is 0 Å². The number of aromatic nitrogens is 4. The van der Waals surface area contributed by atoms with E-state index in [4.69, 9.17) is 0 Å². The monoisotopic (exact) mass is 254 g/mol. The van der Waals surface area contributed by atoms with Crippen LogP contribution in [0.1, 0.15) is 10.7 Å². The summed E-state index contributed by atoms with van der Waals surface area (Å²) in [6, 6.07) is 0. The van der Waals surface area contributed by atoms with E-state index in [-0.39, 0.29) is 4.83 Å². The minimum Gasteiger partial charge on any atom is -0.177 e. The number of nitrogens with one attached hydrogen (secondary N) is 1. The van der Waals surface area contributed by atoms with Gasteiger partial charge >= 0.3 is 0 Å². The summed E-state index contributed by atoms with van der Waals surface area (Å²) in [6.07, 6.45) is 0. The zero-order valence-corrected chi connectivity index (χ0v) is 7.55. The van der Waals surface area contributed by atoms with E-state index in [1.807, 2.05) is 0 Å². The van der Waals surface area contributed by atoms with Crippen LogP contribution in [0, 0.1) is 0 Å². The van der Waals surface area contributed by atoms with E-state index >= 15 is 0 Å². The quantitative estimate of drug-likeness (QED) is 0.804. The second-order valence-corrected chi connectivity index (χ2v) is 3.14. The normalized spacial score (nSPS) is 13.6. The van der Waals surface area contributed by atoms with Gasteiger partial charge in [0.2, 0.25) is 0 Å². The number of aromatic amines is 1. The van der Waals surface area contributed by atoms with Gasteiger partial charge in [0.1, 0.15) is 0 Å². The maximum atomic E-state index is 3.76. The molecule has 4 nitrogen and oxygen atoms in total. The number of hydrogen-bond acceptors (Lipinski definition) is 3. The maximum absolute atomic E-state index is 3.76. The van der Waals surface area contributed by atoms with Gasteiger partial charge in [-0.25, -0.2) is 0 Å². The molecule has 1 N–H and O–H groups in total. The Morgan fingerprint density at radius 2 is 2.44 bits per heavy atom. The average molecular weight is 256 g/mol. The second kappa shape index (κ2) is 3.26. The molecule has 0 radical (unpaired) electrons. The molecular formula is C3H4Br2N4. The Labute approximate surface area is 68.7 Å². The van der Waals surface area contributed by atoms with E-state index in [0.29, 0.717) is 5.82 Å². The van der Waals surface area contributed by atoms with Crippen molar-refractivity contribution in [2.24, 2.45) is 0 Å². The van der Waals surface area contributed by atoms with Crippen molar-refractivity contribution in [3.8, 4) is 0 Å². The van der Waals surface area contributed by atoms with Gasteiger partial charge in [-0.2, -0.15) is 5.21 Å². The lowest BCUT2D eigenvalue weighted by Gasteiger charge is -1.94. The molecule has 50 valence electrons. The van der Waals surface area contributed by atoms with Gasteiger partial charge in [0, 0.05) is 5.33 Å². The molecule has 1 heterocycles. The molecule has 0 bridgehead atoms. The van der Waals surface area contributed by atoms with Crippen molar-refractivity contribution >= 4 is 31.9 Å². The van der Waals surface area contributed by atoms with Crippen molar-refractivity contribution < 1.29 is 0 Å². The average Bonchev–Trinajstić information content (AvgIpc) is 2.37. The van der Waals surface area contributed by atoms with E-state index in [1.165, 1.54) is 0 Å². The van der Waals surface area contributed by atoms with Crippen LogP contribution in [0.4, 0.5) is 0 Å². The Hall–Kier alpha value is 0.0300. The number of tetrazole rings is 1. The largest absolute Gasteiger partial charge is 0.188 e. The molecule has 0 aliphatic carbocycles. The lowest BCUT2D eigenvalue weighted by atomic mass is 10.5. The summed E-state index contributed by atoms with van der Waals surface area (Å²) in [5, 5.41) is 14.1. The summed E-state index contributed by atoms with van der Waals surface area (Å²) < 4.78 is 0. The summed E-state index contributed by atoms with van der Waals surface area (Å²) >= 11 is 6.60. The lowest BCUT2D eigenvalue weighted by Crippen LogP contribution is -1.92. The highest BCUT2D eigenvalue weighted by atomic mass is 79.9. The maximum Gasteiger partial charge on any atom is 0.188 e. The van der Waals surface area contributed by atoms with Gasteiger partial charge in [0.05, 0.1) is 4.83 Å². The van der Waals surface area contributed by atoms with E-state index < -0.39 is 0 Å². The fourth-order valence-electron chi connectivity index (χ4n) is 0.371. The first kappa shape index (κ1) is 7.14. The van der Waals surface area contributed by atoms with Crippen LogP contribution in [0.25, 0.3) is 0 Å². The van der Waals surface area contributed by atoms with E-state index in [9.17, 15) is 0 Å². The molecular weight excluding hydrogens is 252 g/mol. The van der Waals surface area contributed by atoms with Gasteiger partial charge in [-0.15, -0.1) is 10.2 Å². The summed E-state index contributed by atoms with van der Waals surface area (Å²) in [5.74, 6) is 0.673. The van der Waals surface area contributed by atoms with Crippen molar-refractivity contribution in [2.75, 3.05) is 5.33 Å². The van der Waals surface area contributed by atoms with Gasteiger partial charge < -0.3 is 0 Å².